The van der Waals surface area contributed by atoms with Crippen LogP contribution >= 0.6 is 0 Å². The summed E-state index contributed by atoms with van der Waals surface area (Å²) in [6.45, 7) is 1.52. The van der Waals surface area contributed by atoms with E-state index in [1.807, 2.05) is 24.3 Å². The van der Waals surface area contributed by atoms with Crippen LogP contribution in [0.1, 0.15) is 29.2 Å². The number of rotatable bonds is 7. The van der Waals surface area contributed by atoms with Gasteiger partial charge in [0.05, 0.1) is 25.3 Å². The predicted octanol–water partition coefficient (Wildman–Crippen LogP) is 0.899. The topological polar surface area (TPSA) is 132 Å². The number of hydrogen-bond acceptors (Lipinski definition) is 8. The molecule has 0 aromatic heterocycles. The summed E-state index contributed by atoms with van der Waals surface area (Å²) in [5.74, 6) is 0.449. The molecule has 0 radical (unpaired) electrons. The lowest BCUT2D eigenvalue weighted by Gasteiger charge is -2.39. The van der Waals surface area contributed by atoms with Crippen molar-refractivity contribution in [1.82, 2.24) is 0 Å². The fourth-order valence-corrected chi connectivity index (χ4v) is 3.51. The van der Waals surface area contributed by atoms with Gasteiger partial charge in [-0.25, -0.2) is 0 Å². The van der Waals surface area contributed by atoms with Crippen molar-refractivity contribution < 1.29 is 34.6 Å². The van der Waals surface area contributed by atoms with Gasteiger partial charge in [-0.3, -0.25) is 0 Å². The fourth-order valence-electron chi connectivity index (χ4n) is 3.51. The molecule has 8 nitrogen and oxygen atoms in total. The maximum absolute atomic E-state index is 10.3. The Hall–Kier alpha value is -2.67. The molecule has 5 atom stereocenters. The molecule has 31 heavy (non-hydrogen) atoms. The van der Waals surface area contributed by atoms with Crippen molar-refractivity contribution in [2.75, 3.05) is 13.7 Å². The van der Waals surface area contributed by atoms with Crippen molar-refractivity contribution in [3.8, 4) is 17.6 Å². The first kappa shape index (κ1) is 23.0. The summed E-state index contributed by atoms with van der Waals surface area (Å²) in [4.78, 5) is 0. The highest BCUT2D eigenvalue weighted by atomic mass is 16.7. The van der Waals surface area contributed by atoms with Crippen LogP contribution in [-0.2, 0) is 17.6 Å². The molecule has 8 heteroatoms. The van der Waals surface area contributed by atoms with E-state index in [0.29, 0.717) is 17.5 Å². The highest BCUT2D eigenvalue weighted by Gasteiger charge is 2.45. The summed E-state index contributed by atoms with van der Waals surface area (Å²) in [5, 5.41) is 49.2. The van der Waals surface area contributed by atoms with Gasteiger partial charge in [0.25, 0.3) is 0 Å². The third-order valence-corrected chi connectivity index (χ3v) is 5.43. The quantitative estimate of drug-likeness (QED) is 0.510. The first-order valence-corrected chi connectivity index (χ1v) is 10.1. The summed E-state index contributed by atoms with van der Waals surface area (Å²) in [6, 6.07) is 13.4. The van der Waals surface area contributed by atoms with Crippen LogP contribution in [0.15, 0.2) is 36.4 Å². The van der Waals surface area contributed by atoms with Crippen LogP contribution in [0, 0.1) is 11.3 Å². The molecule has 2 aromatic carbocycles. The zero-order chi connectivity index (χ0) is 22.5. The van der Waals surface area contributed by atoms with E-state index >= 15 is 0 Å². The molecule has 0 amide bonds. The van der Waals surface area contributed by atoms with Crippen molar-refractivity contribution in [3.63, 3.8) is 0 Å². The maximum Gasteiger partial charge on any atom is 0.229 e. The smallest absolute Gasteiger partial charge is 0.229 e. The second-order valence-corrected chi connectivity index (χ2v) is 7.43. The summed E-state index contributed by atoms with van der Waals surface area (Å²) >= 11 is 0. The number of ether oxygens (including phenoxy) is 3. The number of aryl methyl sites for hydroxylation is 1. The minimum Gasteiger partial charge on any atom is -0.493 e. The van der Waals surface area contributed by atoms with Gasteiger partial charge in [-0.2, -0.15) is 5.26 Å². The molecule has 166 valence electrons. The van der Waals surface area contributed by atoms with Crippen molar-refractivity contribution >= 4 is 0 Å². The summed E-state index contributed by atoms with van der Waals surface area (Å²) in [6.07, 6.45) is -5.63. The normalized spacial score (nSPS) is 25.6. The summed E-state index contributed by atoms with van der Waals surface area (Å²) < 4.78 is 16.5. The highest BCUT2D eigenvalue weighted by molar-refractivity contribution is 5.53. The Bertz CT molecular complexity index is 923. The highest BCUT2D eigenvalue weighted by Crippen LogP contribution is 2.34. The van der Waals surface area contributed by atoms with Crippen LogP contribution < -0.4 is 9.47 Å². The fraction of sp³-hybridized carbons (Fsp3) is 0.435. The molecule has 3 rings (SSSR count). The van der Waals surface area contributed by atoms with Gasteiger partial charge in [-0.15, -0.1) is 0 Å². The van der Waals surface area contributed by atoms with E-state index in [2.05, 4.69) is 13.0 Å². The molecule has 4 N–H and O–H groups in total. The Labute approximate surface area is 180 Å². The second-order valence-electron chi connectivity index (χ2n) is 7.43. The van der Waals surface area contributed by atoms with Gasteiger partial charge in [0.15, 0.2) is 11.5 Å². The molecule has 1 aliphatic heterocycles. The van der Waals surface area contributed by atoms with Crippen LogP contribution in [0.25, 0.3) is 0 Å². The Balaban J connectivity index is 1.90. The third-order valence-electron chi connectivity index (χ3n) is 5.43. The Morgan fingerprint density at radius 2 is 1.68 bits per heavy atom. The van der Waals surface area contributed by atoms with Crippen LogP contribution in [0.2, 0.25) is 0 Å². The molecular formula is C23H27NO7. The molecule has 2 aromatic rings. The van der Waals surface area contributed by atoms with Crippen LogP contribution in [0.5, 0.6) is 11.5 Å². The van der Waals surface area contributed by atoms with E-state index in [1.165, 1.54) is 18.7 Å². The van der Waals surface area contributed by atoms with Gasteiger partial charge in [0.2, 0.25) is 6.29 Å². The lowest BCUT2D eigenvalue weighted by Crippen LogP contribution is -2.60. The van der Waals surface area contributed by atoms with Gasteiger partial charge >= 0.3 is 0 Å². The Morgan fingerprint density at radius 1 is 1.00 bits per heavy atom. The van der Waals surface area contributed by atoms with Crippen molar-refractivity contribution in [2.24, 2.45) is 0 Å². The Kier molecular flexibility index (Phi) is 7.49. The van der Waals surface area contributed by atoms with E-state index in [-0.39, 0.29) is 11.5 Å². The lowest BCUT2D eigenvalue weighted by molar-refractivity contribution is -0.277. The number of methoxy groups -OCH3 is 1. The first-order chi connectivity index (χ1) is 14.9. The van der Waals surface area contributed by atoms with Crippen LogP contribution in [-0.4, -0.2) is 64.8 Å². The number of nitriles is 1. The minimum absolute atomic E-state index is 0.200. The van der Waals surface area contributed by atoms with Gasteiger partial charge in [-0.05, 0) is 35.6 Å². The summed E-state index contributed by atoms with van der Waals surface area (Å²) in [5.41, 5.74) is 3.33. The average molecular weight is 429 g/mol. The summed E-state index contributed by atoms with van der Waals surface area (Å²) in [7, 11) is 1.42. The molecule has 1 saturated heterocycles. The molecule has 0 saturated carbocycles. The van der Waals surface area contributed by atoms with Crippen LogP contribution in [0.4, 0.5) is 0 Å². The minimum atomic E-state index is -1.56. The second kappa shape index (κ2) is 10.1. The number of benzene rings is 2. The van der Waals surface area contributed by atoms with Gasteiger partial charge in [0, 0.05) is 6.07 Å². The third kappa shape index (κ3) is 4.98. The van der Waals surface area contributed by atoms with Gasteiger partial charge < -0.3 is 34.6 Å². The molecule has 1 aliphatic rings. The molecular weight excluding hydrogens is 402 g/mol. The predicted molar refractivity (Wildman–Crippen MR) is 111 cm³/mol. The van der Waals surface area contributed by atoms with Gasteiger partial charge in [0.1, 0.15) is 24.4 Å². The number of aliphatic hydroxyl groups excluding tert-OH is 4. The van der Waals surface area contributed by atoms with Crippen molar-refractivity contribution in [2.45, 2.75) is 50.5 Å². The zero-order valence-electron chi connectivity index (χ0n) is 17.4. The number of nitrogens with zero attached hydrogens (tertiary/aromatic N) is 1. The SMILES string of the molecule is CCc1ccc(Cc2cc(OC3O[C@H](CO)[C@@H](O)[C@H](O)[C@H]3O)c(OC)cc2C#N)cc1. The maximum atomic E-state index is 10.3. The standard InChI is InChI=1S/C23H27NO7/c1-3-13-4-6-14(7-5-13)8-15-9-18(17(29-2)10-16(15)11-24)30-23-22(28)21(27)20(26)19(12-25)31-23/h4-7,9-10,19-23,25-28H,3,8,12H2,1-2H3/t19-,20-,21+,22-,23?/m1/s1. The van der Waals surface area contributed by atoms with E-state index < -0.39 is 37.3 Å². The monoisotopic (exact) mass is 429 g/mol. The largest absolute Gasteiger partial charge is 0.493 e. The molecule has 0 bridgehead atoms. The number of aliphatic hydroxyl groups is 4. The lowest BCUT2D eigenvalue weighted by atomic mass is 9.98. The van der Waals surface area contributed by atoms with E-state index in [1.54, 1.807) is 6.07 Å². The van der Waals surface area contributed by atoms with Crippen LogP contribution in [0.3, 0.4) is 0 Å². The van der Waals surface area contributed by atoms with E-state index in [0.717, 1.165) is 12.0 Å². The van der Waals surface area contributed by atoms with E-state index in [4.69, 9.17) is 14.2 Å². The van der Waals surface area contributed by atoms with E-state index in [9.17, 15) is 25.7 Å². The zero-order valence-corrected chi connectivity index (χ0v) is 17.4. The first-order valence-electron chi connectivity index (χ1n) is 10.1. The molecule has 1 heterocycles. The van der Waals surface area contributed by atoms with Gasteiger partial charge in [-0.1, -0.05) is 31.2 Å². The van der Waals surface area contributed by atoms with Crippen molar-refractivity contribution in [3.05, 3.63) is 58.7 Å². The molecule has 1 fully saturated rings. The molecule has 1 unspecified atom stereocenters. The number of hydrogen-bond donors (Lipinski definition) is 4. The average Bonchev–Trinajstić information content (AvgIpc) is 2.80. The van der Waals surface area contributed by atoms with Crippen molar-refractivity contribution in [1.29, 1.82) is 5.26 Å². The molecule has 0 aliphatic carbocycles. The Morgan fingerprint density at radius 3 is 2.26 bits per heavy atom. The molecule has 0 spiro atoms.